The van der Waals surface area contributed by atoms with E-state index in [4.69, 9.17) is 21.1 Å². The lowest BCUT2D eigenvalue weighted by Crippen LogP contribution is -2.39. The molecule has 2 aromatic rings. The number of unbranched alkanes of at least 4 members (excludes halogenated alkanes) is 1. The molecule has 1 aliphatic heterocycles. The zero-order valence-corrected chi connectivity index (χ0v) is 14.4. The van der Waals surface area contributed by atoms with Gasteiger partial charge in [0.1, 0.15) is 11.5 Å². The summed E-state index contributed by atoms with van der Waals surface area (Å²) in [6.07, 6.45) is 1.72. The molecular formula is C19H20ClNO3. The van der Waals surface area contributed by atoms with Crippen LogP contribution in [0.5, 0.6) is 11.5 Å². The average molecular weight is 346 g/mol. The fourth-order valence-electron chi connectivity index (χ4n) is 2.62. The van der Waals surface area contributed by atoms with E-state index in [2.05, 4.69) is 0 Å². The molecule has 24 heavy (non-hydrogen) atoms. The first-order valence-electron chi connectivity index (χ1n) is 8.06. The van der Waals surface area contributed by atoms with Gasteiger partial charge in [-0.2, -0.15) is 0 Å². The van der Waals surface area contributed by atoms with E-state index in [1.54, 1.807) is 23.1 Å². The molecule has 0 bridgehead atoms. The largest absolute Gasteiger partial charge is 0.494 e. The fourth-order valence-corrected chi connectivity index (χ4v) is 2.78. The Hall–Kier alpha value is -2.20. The summed E-state index contributed by atoms with van der Waals surface area (Å²) in [5.74, 6) is 1.54. The lowest BCUT2D eigenvalue weighted by molar-refractivity contribution is -0.121. The summed E-state index contributed by atoms with van der Waals surface area (Å²) >= 11 is 6.04. The van der Waals surface area contributed by atoms with Crippen molar-refractivity contribution in [3.05, 3.63) is 53.1 Å². The van der Waals surface area contributed by atoms with Crippen molar-refractivity contribution in [2.75, 3.05) is 24.7 Å². The van der Waals surface area contributed by atoms with Gasteiger partial charge in [-0.05, 0) is 50.1 Å². The van der Waals surface area contributed by atoms with Gasteiger partial charge < -0.3 is 14.4 Å². The second-order valence-electron chi connectivity index (χ2n) is 5.81. The second kappa shape index (κ2) is 7.58. The number of amides is 1. The monoisotopic (exact) mass is 345 g/mol. The number of hydrogen-bond acceptors (Lipinski definition) is 3. The molecule has 4 nitrogen and oxygen atoms in total. The van der Waals surface area contributed by atoms with E-state index in [0.717, 1.165) is 24.3 Å². The number of benzene rings is 2. The van der Waals surface area contributed by atoms with Gasteiger partial charge in [-0.15, -0.1) is 0 Å². The molecule has 1 aliphatic rings. The molecule has 126 valence electrons. The molecule has 0 radical (unpaired) electrons. The quantitative estimate of drug-likeness (QED) is 0.735. The zero-order valence-electron chi connectivity index (χ0n) is 13.6. The molecule has 0 atom stereocenters. The highest BCUT2D eigenvalue weighted by Crippen LogP contribution is 2.34. The van der Waals surface area contributed by atoms with E-state index in [-0.39, 0.29) is 12.5 Å². The lowest BCUT2D eigenvalue weighted by atomic mass is 10.2. The third kappa shape index (κ3) is 4.01. The highest BCUT2D eigenvalue weighted by molar-refractivity contribution is 6.31. The van der Waals surface area contributed by atoms with Crippen LogP contribution in [0.4, 0.5) is 5.69 Å². The summed E-state index contributed by atoms with van der Waals surface area (Å²) in [7, 11) is 0. The molecule has 0 N–H and O–H groups in total. The number of ether oxygens (including phenoxy) is 2. The highest BCUT2D eigenvalue weighted by Gasteiger charge is 2.25. The van der Waals surface area contributed by atoms with E-state index in [1.165, 1.54) is 5.56 Å². The number of carbonyl (C=O) groups is 1. The molecule has 1 heterocycles. The Kier molecular flexibility index (Phi) is 5.26. The summed E-state index contributed by atoms with van der Waals surface area (Å²) in [4.78, 5) is 13.9. The third-order valence-electron chi connectivity index (χ3n) is 3.93. The Morgan fingerprint density at radius 1 is 1.17 bits per heavy atom. The normalized spacial score (nSPS) is 13.4. The Balaban J connectivity index is 1.50. The molecule has 0 aromatic heterocycles. The van der Waals surface area contributed by atoms with Gasteiger partial charge in [0.15, 0.2) is 6.61 Å². The Morgan fingerprint density at radius 2 is 1.96 bits per heavy atom. The molecule has 5 heteroatoms. The van der Waals surface area contributed by atoms with Crippen molar-refractivity contribution in [1.82, 2.24) is 0 Å². The van der Waals surface area contributed by atoms with Crippen molar-refractivity contribution in [2.24, 2.45) is 0 Å². The summed E-state index contributed by atoms with van der Waals surface area (Å²) in [5, 5.41) is 0.597. The van der Waals surface area contributed by atoms with E-state index >= 15 is 0 Å². The molecule has 0 saturated heterocycles. The van der Waals surface area contributed by atoms with Crippen molar-refractivity contribution < 1.29 is 14.3 Å². The van der Waals surface area contributed by atoms with E-state index in [1.807, 2.05) is 31.2 Å². The summed E-state index contributed by atoms with van der Waals surface area (Å²) in [5.41, 5.74) is 1.96. The lowest BCUT2D eigenvalue weighted by Gasteiger charge is -2.29. The number of carbonyl (C=O) groups excluding carboxylic acids is 1. The molecule has 0 fully saturated rings. The Bertz CT molecular complexity index is 715. The number of anilines is 1. The van der Waals surface area contributed by atoms with Crippen LogP contribution < -0.4 is 14.4 Å². The molecule has 0 aliphatic carbocycles. The number of nitrogens with zero attached hydrogens (tertiary/aromatic N) is 1. The van der Waals surface area contributed by atoms with Gasteiger partial charge in [0.05, 0.1) is 12.3 Å². The number of fused-ring (bicyclic) bond motifs is 1. The molecule has 0 saturated carbocycles. The van der Waals surface area contributed by atoms with Crippen molar-refractivity contribution in [3.63, 3.8) is 0 Å². The number of hydrogen-bond donors (Lipinski definition) is 0. The van der Waals surface area contributed by atoms with E-state index in [9.17, 15) is 4.79 Å². The van der Waals surface area contributed by atoms with Crippen LogP contribution in [0, 0.1) is 6.92 Å². The maximum absolute atomic E-state index is 12.1. The van der Waals surface area contributed by atoms with Gasteiger partial charge in [-0.1, -0.05) is 29.3 Å². The topological polar surface area (TPSA) is 38.8 Å². The van der Waals surface area contributed by atoms with Crippen LogP contribution >= 0.6 is 11.6 Å². The SMILES string of the molecule is Cc1ccc(OCCCCN2C(=O)COc3ccc(Cl)cc32)cc1. The molecule has 3 rings (SSSR count). The van der Waals surface area contributed by atoms with Gasteiger partial charge in [-0.25, -0.2) is 0 Å². The van der Waals surface area contributed by atoms with Crippen molar-refractivity contribution in [3.8, 4) is 11.5 Å². The zero-order chi connectivity index (χ0) is 16.9. The second-order valence-corrected chi connectivity index (χ2v) is 6.25. The minimum absolute atomic E-state index is 0.0378. The van der Waals surface area contributed by atoms with Crippen LogP contribution in [0.15, 0.2) is 42.5 Å². The van der Waals surface area contributed by atoms with Gasteiger partial charge in [0, 0.05) is 11.6 Å². The maximum atomic E-state index is 12.1. The summed E-state index contributed by atoms with van der Waals surface area (Å²) < 4.78 is 11.2. The van der Waals surface area contributed by atoms with E-state index < -0.39 is 0 Å². The summed E-state index contributed by atoms with van der Waals surface area (Å²) in [6, 6.07) is 13.3. The fraction of sp³-hybridized carbons (Fsp3) is 0.316. The first-order valence-corrected chi connectivity index (χ1v) is 8.43. The standard InChI is InChI=1S/C19H20ClNO3/c1-14-4-7-16(8-5-14)23-11-3-2-10-21-17-12-15(20)6-9-18(17)24-13-19(21)22/h4-9,12H,2-3,10-11,13H2,1H3. The first kappa shape index (κ1) is 16.7. The maximum Gasteiger partial charge on any atom is 0.265 e. The van der Waals surface area contributed by atoms with E-state index in [0.29, 0.717) is 23.9 Å². The van der Waals surface area contributed by atoms with Crippen LogP contribution in [0.1, 0.15) is 18.4 Å². The van der Waals surface area contributed by atoms with Gasteiger partial charge >= 0.3 is 0 Å². The van der Waals surface area contributed by atoms with Gasteiger partial charge in [-0.3, -0.25) is 4.79 Å². The molecule has 1 amide bonds. The van der Waals surface area contributed by atoms with Crippen LogP contribution in [-0.4, -0.2) is 25.7 Å². The van der Waals surface area contributed by atoms with Crippen LogP contribution in [0.2, 0.25) is 5.02 Å². The molecule has 0 unspecified atom stereocenters. The van der Waals surface area contributed by atoms with Crippen LogP contribution in [0.3, 0.4) is 0 Å². The summed E-state index contributed by atoms with van der Waals surface area (Å²) in [6.45, 7) is 3.39. The smallest absolute Gasteiger partial charge is 0.265 e. The highest BCUT2D eigenvalue weighted by atomic mass is 35.5. The Labute approximate surface area is 146 Å². The number of halogens is 1. The third-order valence-corrected chi connectivity index (χ3v) is 4.16. The molecular weight excluding hydrogens is 326 g/mol. The predicted molar refractivity (Wildman–Crippen MR) is 95.2 cm³/mol. The number of rotatable bonds is 6. The van der Waals surface area contributed by atoms with Gasteiger partial charge in [0.25, 0.3) is 5.91 Å². The van der Waals surface area contributed by atoms with Gasteiger partial charge in [0.2, 0.25) is 0 Å². The average Bonchev–Trinajstić information content (AvgIpc) is 2.58. The van der Waals surface area contributed by atoms with Crippen LogP contribution in [-0.2, 0) is 4.79 Å². The predicted octanol–water partition coefficient (Wildman–Crippen LogP) is 4.23. The van der Waals surface area contributed by atoms with Crippen molar-refractivity contribution in [1.29, 1.82) is 0 Å². The number of aryl methyl sites for hydroxylation is 1. The first-order chi connectivity index (χ1) is 11.6. The Morgan fingerprint density at radius 3 is 2.75 bits per heavy atom. The van der Waals surface area contributed by atoms with Crippen molar-refractivity contribution in [2.45, 2.75) is 19.8 Å². The minimum atomic E-state index is -0.0378. The van der Waals surface area contributed by atoms with Crippen molar-refractivity contribution >= 4 is 23.2 Å². The van der Waals surface area contributed by atoms with Crippen LogP contribution in [0.25, 0.3) is 0 Å². The molecule has 0 spiro atoms. The molecule has 2 aromatic carbocycles. The minimum Gasteiger partial charge on any atom is -0.494 e.